The molecule has 0 aliphatic carbocycles. The van der Waals surface area contributed by atoms with Crippen LogP contribution < -0.4 is 21.5 Å². The molecule has 3 aromatic rings. The number of hydrogen-bond acceptors (Lipinski definition) is 5. The van der Waals surface area contributed by atoms with E-state index < -0.39 is 0 Å². The van der Waals surface area contributed by atoms with Crippen LogP contribution >= 0.6 is 0 Å². The maximum atomic E-state index is 12.6. The monoisotopic (exact) mass is 368 g/mol. The molecular weight excluding hydrogens is 348 g/mol. The van der Waals surface area contributed by atoms with E-state index in [0.29, 0.717) is 30.2 Å². The van der Waals surface area contributed by atoms with Gasteiger partial charge in [0.05, 0.1) is 6.20 Å². The number of pyridine rings is 1. The number of hydrogen-bond donors (Lipinski definition) is 1. The lowest BCUT2D eigenvalue weighted by Crippen LogP contribution is -2.41. The first kappa shape index (κ1) is 17.1. The van der Waals surface area contributed by atoms with Gasteiger partial charge in [-0.25, -0.2) is 9.78 Å². The van der Waals surface area contributed by atoms with Gasteiger partial charge in [-0.15, -0.1) is 0 Å². The third-order valence-electron chi connectivity index (χ3n) is 5.00. The second-order valence-electron chi connectivity index (χ2n) is 6.72. The molecular formula is C18H20N6O3. The van der Waals surface area contributed by atoms with Gasteiger partial charge in [-0.3, -0.25) is 23.1 Å². The van der Waals surface area contributed by atoms with E-state index in [0.717, 1.165) is 11.0 Å². The molecule has 0 unspecified atom stereocenters. The highest BCUT2D eigenvalue weighted by Crippen LogP contribution is 2.18. The van der Waals surface area contributed by atoms with Crippen molar-refractivity contribution in [2.75, 3.05) is 18.0 Å². The summed E-state index contributed by atoms with van der Waals surface area (Å²) in [7, 11) is 3.10. The average molecular weight is 368 g/mol. The number of anilines is 1. The number of amides is 1. The molecule has 0 aromatic carbocycles. The van der Waals surface area contributed by atoms with Crippen molar-refractivity contribution in [3.63, 3.8) is 0 Å². The molecule has 140 valence electrons. The van der Waals surface area contributed by atoms with E-state index >= 15 is 0 Å². The lowest BCUT2D eigenvalue weighted by molar-refractivity contribution is 0.0934. The summed E-state index contributed by atoms with van der Waals surface area (Å²) >= 11 is 0. The molecule has 9 nitrogen and oxygen atoms in total. The van der Waals surface area contributed by atoms with Crippen LogP contribution in [0.25, 0.3) is 5.65 Å². The number of aromatic nitrogens is 4. The fraction of sp³-hybridized carbons (Fsp3) is 0.333. The minimum atomic E-state index is -0.365. The molecule has 1 fully saturated rings. The number of fused-ring (bicyclic) bond motifs is 1. The Morgan fingerprint density at radius 2 is 2.04 bits per heavy atom. The number of carbonyl (C=O) groups is 1. The van der Waals surface area contributed by atoms with E-state index in [1.807, 2.05) is 23.1 Å². The lowest BCUT2D eigenvalue weighted by atomic mass is 10.2. The second-order valence-corrected chi connectivity index (χ2v) is 6.72. The van der Waals surface area contributed by atoms with Gasteiger partial charge in [0.25, 0.3) is 11.5 Å². The molecule has 4 heterocycles. The Hall–Kier alpha value is -3.36. The molecule has 0 saturated carbocycles. The number of nitrogens with zero attached hydrogens (tertiary/aromatic N) is 5. The molecule has 1 saturated heterocycles. The van der Waals surface area contributed by atoms with Crippen molar-refractivity contribution in [1.82, 2.24) is 23.8 Å². The topological polar surface area (TPSA) is 93.6 Å². The Morgan fingerprint density at radius 1 is 1.22 bits per heavy atom. The van der Waals surface area contributed by atoms with Crippen molar-refractivity contribution in [2.24, 2.45) is 14.1 Å². The van der Waals surface area contributed by atoms with Crippen molar-refractivity contribution < 1.29 is 4.79 Å². The van der Waals surface area contributed by atoms with E-state index in [4.69, 9.17) is 0 Å². The molecule has 3 aromatic heterocycles. The average Bonchev–Trinajstić information content (AvgIpc) is 3.30. The highest BCUT2D eigenvalue weighted by atomic mass is 16.2. The first-order valence-corrected chi connectivity index (χ1v) is 8.70. The Morgan fingerprint density at radius 3 is 2.85 bits per heavy atom. The highest BCUT2D eigenvalue weighted by Gasteiger charge is 2.27. The Bertz CT molecular complexity index is 1140. The van der Waals surface area contributed by atoms with Crippen molar-refractivity contribution >= 4 is 17.4 Å². The van der Waals surface area contributed by atoms with Crippen LogP contribution in [0.3, 0.4) is 0 Å². The van der Waals surface area contributed by atoms with Crippen molar-refractivity contribution in [3.05, 3.63) is 63.2 Å². The molecule has 1 amide bonds. The minimum Gasteiger partial charge on any atom is -0.356 e. The lowest BCUT2D eigenvalue weighted by Gasteiger charge is -2.21. The van der Waals surface area contributed by atoms with Gasteiger partial charge in [-0.2, -0.15) is 0 Å². The first-order chi connectivity index (χ1) is 13.0. The molecule has 1 N–H and O–H groups in total. The summed E-state index contributed by atoms with van der Waals surface area (Å²) in [5, 5.41) is 3.02. The zero-order valence-corrected chi connectivity index (χ0v) is 15.1. The molecule has 4 rings (SSSR count). The molecule has 27 heavy (non-hydrogen) atoms. The van der Waals surface area contributed by atoms with Crippen molar-refractivity contribution in [2.45, 2.75) is 12.5 Å². The van der Waals surface area contributed by atoms with Gasteiger partial charge in [0.2, 0.25) is 0 Å². The van der Waals surface area contributed by atoms with Crippen molar-refractivity contribution in [3.8, 4) is 0 Å². The minimum absolute atomic E-state index is 0.0778. The van der Waals surface area contributed by atoms with Crippen LogP contribution in [0.2, 0.25) is 0 Å². The van der Waals surface area contributed by atoms with Gasteiger partial charge in [0.1, 0.15) is 17.2 Å². The van der Waals surface area contributed by atoms with Crippen LogP contribution in [0.1, 0.15) is 16.9 Å². The van der Waals surface area contributed by atoms with Gasteiger partial charge < -0.3 is 10.2 Å². The Balaban J connectivity index is 1.51. The summed E-state index contributed by atoms with van der Waals surface area (Å²) in [5.41, 5.74) is 0.484. The summed E-state index contributed by atoms with van der Waals surface area (Å²) in [6.07, 6.45) is 4.08. The second kappa shape index (κ2) is 6.42. The highest BCUT2D eigenvalue weighted by molar-refractivity contribution is 5.93. The van der Waals surface area contributed by atoms with Gasteiger partial charge in [0, 0.05) is 45.5 Å². The number of nitrogens with one attached hydrogen (secondary N) is 1. The molecule has 0 spiro atoms. The van der Waals surface area contributed by atoms with Crippen LogP contribution in [0.4, 0.5) is 5.82 Å². The first-order valence-electron chi connectivity index (χ1n) is 8.70. The van der Waals surface area contributed by atoms with E-state index in [1.54, 1.807) is 23.8 Å². The molecule has 0 bridgehead atoms. The van der Waals surface area contributed by atoms with Gasteiger partial charge in [-0.05, 0) is 18.6 Å². The fourth-order valence-electron chi connectivity index (χ4n) is 3.47. The zero-order chi connectivity index (χ0) is 19.1. The van der Waals surface area contributed by atoms with Crippen molar-refractivity contribution in [1.29, 1.82) is 0 Å². The standard InChI is InChI=1S/C18H20N6O3/c1-21-15(9-16(25)22(2)18(21)27)23-8-6-12(11-23)20-17(26)13-10-19-14-5-3-4-7-24(13)14/h3-5,7,9-10,12H,6,8,11H2,1-2H3,(H,20,26)/t12-/m1/s1. The number of carbonyl (C=O) groups excluding carboxylic acids is 1. The number of imidazole rings is 1. The van der Waals surface area contributed by atoms with Gasteiger partial charge in [0.15, 0.2) is 0 Å². The fourth-order valence-corrected chi connectivity index (χ4v) is 3.47. The maximum absolute atomic E-state index is 12.6. The molecule has 1 atom stereocenters. The summed E-state index contributed by atoms with van der Waals surface area (Å²) < 4.78 is 4.27. The summed E-state index contributed by atoms with van der Waals surface area (Å²) in [4.78, 5) is 42.9. The number of rotatable bonds is 3. The van der Waals surface area contributed by atoms with E-state index in [-0.39, 0.29) is 23.2 Å². The van der Waals surface area contributed by atoms with Crippen LogP contribution in [0, 0.1) is 0 Å². The predicted octanol–water partition coefficient (Wildman–Crippen LogP) is -0.260. The molecule has 9 heteroatoms. The van der Waals surface area contributed by atoms with E-state index in [1.165, 1.54) is 17.7 Å². The van der Waals surface area contributed by atoms with Crippen LogP contribution in [0.15, 0.2) is 46.2 Å². The van der Waals surface area contributed by atoms with Gasteiger partial charge in [-0.1, -0.05) is 6.07 Å². The van der Waals surface area contributed by atoms with Crippen LogP contribution in [-0.4, -0.2) is 43.6 Å². The SMILES string of the molecule is Cn1c(N2CC[C@@H](NC(=O)c3cnc4ccccn34)C2)cc(=O)n(C)c1=O. The van der Waals surface area contributed by atoms with Gasteiger partial charge >= 0.3 is 5.69 Å². The zero-order valence-electron chi connectivity index (χ0n) is 15.1. The Labute approximate surface area is 154 Å². The Kier molecular flexibility index (Phi) is 4.06. The van der Waals surface area contributed by atoms with Crippen LogP contribution in [0.5, 0.6) is 0 Å². The summed E-state index contributed by atoms with van der Waals surface area (Å²) in [6.45, 7) is 1.18. The molecule has 1 aliphatic heterocycles. The summed E-state index contributed by atoms with van der Waals surface area (Å²) in [5.74, 6) is 0.369. The predicted molar refractivity (Wildman–Crippen MR) is 100 cm³/mol. The molecule has 1 aliphatic rings. The molecule has 0 radical (unpaired) electrons. The normalized spacial score (nSPS) is 16.8. The van der Waals surface area contributed by atoms with E-state index in [2.05, 4.69) is 10.3 Å². The van der Waals surface area contributed by atoms with Crippen LogP contribution in [-0.2, 0) is 14.1 Å². The largest absolute Gasteiger partial charge is 0.356 e. The van der Waals surface area contributed by atoms with E-state index in [9.17, 15) is 14.4 Å². The third kappa shape index (κ3) is 2.90. The smallest absolute Gasteiger partial charge is 0.332 e. The summed E-state index contributed by atoms with van der Waals surface area (Å²) in [6, 6.07) is 6.93. The maximum Gasteiger partial charge on any atom is 0.332 e. The third-order valence-corrected chi connectivity index (χ3v) is 5.00. The quantitative estimate of drug-likeness (QED) is 0.688.